The van der Waals surface area contributed by atoms with E-state index in [1.54, 1.807) is 13.3 Å². The first-order valence-corrected chi connectivity index (χ1v) is 6.55. The Morgan fingerprint density at radius 2 is 2.21 bits per heavy atom. The van der Waals surface area contributed by atoms with E-state index < -0.39 is 6.10 Å². The zero-order chi connectivity index (χ0) is 13.2. The number of aliphatic hydroxyl groups excluding tert-OH is 1. The van der Waals surface area contributed by atoms with Crippen LogP contribution in [0.15, 0.2) is 42.6 Å². The van der Waals surface area contributed by atoms with Crippen LogP contribution in [-0.2, 0) is 6.42 Å². The van der Waals surface area contributed by atoms with Gasteiger partial charge in [-0.2, -0.15) is 0 Å². The number of ether oxygens (including phenoxy) is 1. The van der Waals surface area contributed by atoms with Gasteiger partial charge in [0.2, 0.25) is 0 Å². The number of hydrogen-bond donors (Lipinski definition) is 1. The van der Waals surface area contributed by atoms with Gasteiger partial charge in [0.1, 0.15) is 5.75 Å². The number of methoxy groups -OCH3 is 1. The summed E-state index contributed by atoms with van der Waals surface area (Å²) < 4.78 is 5.21. The zero-order valence-corrected chi connectivity index (χ0v) is 10.9. The number of benzene rings is 1. The molecule has 98 valence electrons. The molecule has 1 aliphatic carbocycles. The van der Waals surface area contributed by atoms with Crippen LogP contribution in [0.1, 0.15) is 35.3 Å². The van der Waals surface area contributed by atoms with Crippen LogP contribution in [0.2, 0.25) is 0 Å². The van der Waals surface area contributed by atoms with Crippen LogP contribution in [0.3, 0.4) is 0 Å². The number of rotatable bonds is 3. The molecule has 0 aliphatic heterocycles. The lowest BCUT2D eigenvalue weighted by Gasteiger charge is -2.19. The molecule has 0 saturated heterocycles. The van der Waals surface area contributed by atoms with E-state index in [4.69, 9.17) is 4.74 Å². The van der Waals surface area contributed by atoms with E-state index in [-0.39, 0.29) is 5.92 Å². The lowest BCUT2D eigenvalue weighted by atomic mass is 9.93. The number of aliphatic hydroxyl groups is 1. The minimum absolute atomic E-state index is 0.0864. The van der Waals surface area contributed by atoms with Crippen LogP contribution in [-0.4, -0.2) is 17.2 Å². The van der Waals surface area contributed by atoms with Gasteiger partial charge in [-0.15, -0.1) is 0 Å². The molecule has 0 bridgehead atoms. The molecule has 1 aromatic carbocycles. The van der Waals surface area contributed by atoms with Crippen LogP contribution < -0.4 is 4.74 Å². The molecule has 1 N–H and O–H groups in total. The third-order valence-corrected chi connectivity index (χ3v) is 3.82. The zero-order valence-electron chi connectivity index (χ0n) is 10.9. The van der Waals surface area contributed by atoms with Gasteiger partial charge in [-0.05, 0) is 42.2 Å². The lowest BCUT2D eigenvalue weighted by Crippen LogP contribution is -2.09. The predicted molar refractivity (Wildman–Crippen MR) is 73.3 cm³/mol. The Kier molecular flexibility index (Phi) is 3.22. The maximum Gasteiger partial charge on any atom is 0.119 e. The monoisotopic (exact) mass is 255 g/mol. The van der Waals surface area contributed by atoms with E-state index >= 15 is 0 Å². The molecule has 0 spiro atoms. The highest BCUT2D eigenvalue weighted by Gasteiger charge is 2.30. The smallest absolute Gasteiger partial charge is 0.119 e. The van der Waals surface area contributed by atoms with Crippen LogP contribution in [0.4, 0.5) is 0 Å². The number of fused-ring (bicyclic) bond motifs is 1. The molecule has 2 atom stereocenters. The maximum absolute atomic E-state index is 10.6. The molecule has 1 aromatic heterocycles. The quantitative estimate of drug-likeness (QED) is 0.917. The fourth-order valence-electron chi connectivity index (χ4n) is 2.81. The van der Waals surface area contributed by atoms with E-state index in [1.165, 1.54) is 5.56 Å². The largest absolute Gasteiger partial charge is 0.497 e. The van der Waals surface area contributed by atoms with Gasteiger partial charge in [0.05, 0.1) is 13.2 Å². The summed E-state index contributed by atoms with van der Waals surface area (Å²) in [6, 6.07) is 11.7. The summed E-state index contributed by atoms with van der Waals surface area (Å²) in [6.45, 7) is 0. The van der Waals surface area contributed by atoms with Gasteiger partial charge < -0.3 is 9.84 Å². The second kappa shape index (κ2) is 5.02. The Balaban J connectivity index is 1.90. The molecule has 1 heterocycles. The molecule has 19 heavy (non-hydrogen) atoms. The fraction of sp³-hybridized carbons (Fsp3) is 0.312. The number of aromatic nitrogens is 1. The normalized spacial score (nSPS) is 18.9. The first kappa shape index (κ1) is 12.2. The standard InChI is InChI=1S/C16H17NO2/c1-19-13-6-2-4-12(10-13)16(18)14-8-7-11-5-3-9-17-15(11)14/h2-6,9-10,14,16,18H,7-8H2,1H3. The van der Waals surface area contributed by atoms with Crippen LogP contribution >= 0.6 is 0 Å². The molecule has 3 nitrogen and oxygen atoms in total. The third kappa shape index (κ3) is 2.22. The van der Waals surface area contributed by atoms with Gasteiger partial charge in [0.25, 0.3) is 0 Å². The van der Waals surface area contributed by atoms with Crippen molar-refractivity contribution >= 4 is 0 Å². The fourth-order valence-corrected chi connectivity index (χ4v) is 2.81. The van der Waals surface area contributed by atoms with Crippen LogP contribution in [0, 0.1) is 0 Å². The van der Waals surface area contributed by atoms with Gasteiger partial charge in [-0.3, -0.25) is 4.98 Å². The second-order valence-corrected chi connectivity index (χ2v) is 4.91. The molecular weight excluding hydrogens is 238 g/mol. The Morgan fingerprint density at radius 1 is 1.32 bits per heavy atom. The summed E-state index contributed by atoms with van der Waals surface area (Å²) in [5.74, 6) is 0.860. The summed E-state index contributed by atoms with van der Waals surface area (Å²) in [7, 11) is 1.64. The van der Waals surface area contributed by atoms with Gasteiger partial charge in [-0.1, -0.05) is 18.2 Å². The van der Waals surface area contributed by atoms with Crippen molar-refractivity contribution in [3.63, 3.8) is 0 Å². The Labute approximate surface area is 112 Å². The molecule has 1 aliphatic rings. The first-order chi connectivity index (χ1) is 9.29. The molecule has 2 unspecified atom stereocenters. The highest BCUT2D eigenvalue weighted by molar-refractivity contribution is 5.35. The minimum atomic E-state index is -0.522. The average molecular weight is 255 g/mol. The van der Waals surface area contributed by atoms with Crippen molar-refractivity contribution in [2.45, 2.75) is 24.9 Å². The highest BCUT2D eigenvalue weighted by atomic mass is 16.5. The summed E-state index contributed by atoms with van der Waals surface area (Å²) in [4.78, 5) is 4.44. The summed E-state index contributed by atoms with van der Waals surface area (Å²) >= 11 is 0. The van der Waals surface area contributed by atoms with Gasteiger partial charge in [0, 0.05) is 17.8 Å². The van der Waals surface area contributed by atoms with Gasteiger partial charge in [-0.25, -0.2) is 0 Å². The van der Waals surface area contributed by atoms with Crippen molar-refractivity contribution in [2.24, 2.45) is 0 Å². The van der Waals surface area contributed by atoms with E-state index in [0.717, 1.165) is 29.8 Å². The molecule has 0 fully saturated rings. The SMILES string of the molecule is COc1cccc(C(O)C2CCc3cccnc32)c1. The minimum Gasteiger partial charge on any atom is -0.497 e. The molecule has 0 amide bonds. The van der Waals surface area contributed by atoms with E-state index in [0.29, 0.717) is 0 Å². The summed E-state index contributed by atoms with van der Waals surface area (Å²) in [5.41, 5.74) is 3.19. The number of aryl methyl sites for hydroxylation is 1. The number of nitrogens with zero attached hydrogens (tertiary/aromatic N) is 1. The average Bonchev–Trinajstić information content (AvgIpc) is 2.90. The van der Waals surface area contributed by atoms with Crippen molar-refractivity contribution in [2.75, 3.05) is 7.11 Å². The highest BCUT2D eigenvalue weighted by Crippen LogP contribution is 2.40. The van der Waals surface area contributed by atoms with Crippen molar-refractivity contribution < 1.29 is 9.84 Å². The van der Waals surface area contributed by atoms with Crippen molar-refractivity contribution in [3.8, 4) is 5.75 Å². The van der Waals surface area contributed by atoms with Crippen LogP contribution in [0.5, 0.6) is 5.75 Å². The molecule has 3 rings (SSSR count). The Hall–Kier alpha value is -1.87. The van der Waals surface area contributed by atoms with E-state index in [1.807, 2.05) is 30.3 Å². The second-order valence-electron chi connectivity index (χ2n) is 4.91. The first-order valence-electron chi connectivity index (χ1n) is 6.55. The third-order valence-electron chi connectivity index (χ3n) is 3.82. The Morgan fingerprint density at radius 3 is 3.05 bits per heavy atom. The van der Waals surface area contributed by atoms with E-state index in [9.17, 15) is 5.11 Å². The van der Waals surface area contributed by atoms with E-state index in [2.05, 4.69) is 11.1 Å². The van der Waals surface area contributed by atoms with Crippen molar-refractivity contribution in [1.82, 2.24) is 4.98 Å². The lowest BCUT2D eigenvalue weighted by molar-refractivity contribution is 0.143. The van der Waals surface area contributed by atoms with Crippen molar-refractivity contribution in [3.05, 3.63) is 59.4 Å². The number of hydrogen-bond acceptors (Lipinski definition) is 3. The molecule has 0 radical (unpaired) electrons. The number of pyridine rings is 1. The summed E-state index contributed by atoms with van der Waals surface area (Å²) in [5, 5.41) is 10.6. The Bertz CT molecular complexity index is 582. The maximum atomic E-state index is 10.6. The van der Waals surface area contributed by atoms with Crippen molar-refractivity contribution in [1.29, 1.82) is 0 Å². The molecule has 0 saturated carbocycles. The van der Waals surface area contributed by atoms with Crippen LogP contribution in [0.25, 0.3) is 0 Å². The topological polar surface area (TPSA) is 42.4 Å². The molecule has 2 aromatic rings. The van der Waals surface area contributed by atoms with Gasteiger partial charge >= 0.3 is 0 Å². The molecular formula is C16H17NO2. The van der Waals surface area contributed by atoms with Gasteiger partial charge in [0.15, 0.2) is 0 Å². The predicted octanol–water partition coefficient (Wildman–Crippen LogP) is 2.85. The summed E-state index contributed by atoms with van der Waals surface area (Å²) in [6.07, 6.45) is 3.22. The molecule has 3 heteroatoms.